The predicted molar refractivity (Wildman–Crippen MR) is 111 cm³/mol. The van der Waals surface area contributed by atoms with Crippen LogP contribution in [0.4, 0.5) is 0 Å². The molecule has 4 rings (SSSR count). The average Bonchev–Trinajstić information content (AvgIpc) is 3.04. The summed E-state index contributed by atoms with van der Waals surface area (Å²) in [7, 11) is 1.85. The Hall–Kier alpha value is -2.99. The molecule has 1 aromatic carbocycles. The van der Waals surface area contributed by atoms with E-state index < -0.39 is 5.60 Å². The maximum absolute atomic E-state index is 13.4. The summed E-state index contributed by atoms with van der Waals surface area (Å²) in [6, 6.07) is 13.8. The van der Waals surface area contributed by atoms with Crippen LogP contribution in [0.15, 0.2) is 54.9 Å². The Morgan fingerprint density at radius 1 is 1.10 bits per heavy atom. The third-order valence-electron chi connectivity index (χ3n) is 5.86. The fourth-order valence-electron chi connectivity index (χ4n) is 4.01. The van der Waals surface area contributed by atoms with E-state index in [9.17, 15) is 9.90 Å². The second-order valence-corrected chi connectivity index (χ2v) is 7.85. The Bertz CT molecular complexity index is 990. The minimum atomic E-state index is -0.768. The first-order valence-corrected chi connectivity index (χ1v) is 9.96. The smallest absolute Gasteiger partial charge is 0.257 e. The minimum absolute atomic E-state index is 0.0239. The summed E-state index contributed by atoms with van der Waals surface area (Å²) < 4.78 is 1.75. The molecule has 150 valence electrons. The number of rotatable bonds is 4. The van der Waals surface area contributed by atoms with Crippen LogP contribution in [0.5, 0.6) is 0 Å². The van der Waals surface area contributed by atoms with Gasteiger partial charge in [-0.2, -0.15) is 5.10 Å². The molecule has 0 bridgehead atoms. The summed E-state index contributed by atoms with van der Waals surface area (Å²) in [5.74, 6) is -0.0239. The fourth-order valence-corrected chi connectivity index (χ4v) is 4.01. The van der Waals surface area contributed by atoms with Crippen molar-refractivity contribution < 1.29 is 9.90 Å². The van der Waals surface area contributed by atoms with Gasteiger partial charge in [-0.1, -0.05) is 30.3 Å². The van der Waals surface area contributed by atoms with E-state index in [-0.39, 0.29) is 5.91 Å². The lowest BCUT2D eigenvalue weighted by molar-refractivity contribution is -0.0162. The molecule has 1 amide bonds. The molecule has 3 heterocycles. The van der Waals surface area contributed by atoms with Crippen LogP contribution in [0, 0.1) is 6.92 Å². The van der Waals surface area contributed by atoms with Crippen molar-refractivity contribution in [3.8, 4) is 11.3 Å². The first-order chi connectivity index (χ1) is 14.0. The molecule has 1 aliphatic rings. The normalized spacial score (nSPS) is 16.0. The van der Waals surface area contributed by atoms with E-state index in [4.69, 9.17) is 0 Å². The van der Waals surface area contributed by atoms with Gasteiger partial charge < -0.3 is 10.0 Å². The molecule has 0 atom stereocenters. The summed E-state index contributed by atoms with van der Waals surface area (Å²) in [4.78, 5) is 19.3. The first kappa shape index (κ1) is 19.3. The second kappa shape index (κ2) is 7.79. The maximum Gasteiger partial charge on any atom is 0.257 e. The molecule has 0 unspecified atom stereocenters. The van der Waals surface area contributed by atoms with Gasteiger partial charge in [-0.15, -0.1) is 0 Å². The van der Waals surface area contributed by atoms with Crippen LogP contribution in [0.25, 0.3) is 11.3 Å². The number of piperidine rings is 1. The highest BCUT2D eigenvalue weighted by Crippen LogP contribution is 2.30. The second-order valence-electron chi connectivity index (χ2n) is 7.85. The molecule has 0 radical (unpaired) electrons. The average molecular weight is 390 g/mol. The number of hydrogen-bond acceptors (Lipinski definition) is 4. The van der Waals surface area contributed by atoms with E-state index >= 15 is 0 Å². The molecule has 0 spiro atoms. The van der Waals surface area contributed by atoms with Gasteiger partial charge in [0.05, 0.1) is 11.2 Å². The van der Waals surface area contributed by atoms with Gasteiger partial charge in [0.15, 0.2) is 0 Å². The number of aryl methyl sites for hydroxylation is 1. The van der Waals surface area contributed by atoms with Crippen LogP contribution in [-0.2, 0) is 13.5 Å². The van der Waals surface area contributed by atoms with Crippen molar-refractivity contribution in [2.24, 2.45) is 7.05 Å². The molecule has 6 nitrogen and oxygen atoms in total. The lowest BCUT2D eigenvalue weighted by Crippen LogP contribution is -2.47. The molecule has 29 heavy (non-hydrogen) atoms. The molecular formula is C23H26N4O2. The molecule has 0 aliphatic carbocycles. The molecule has 1 saturated heterocycles. The number of aliphatic hydroxyl groups is 1. The lowest BCUT2D eigenvalue weighted by Gasteiger charge is -2.38. The SMILES string of the molecule is Cc1c(C(=O)N2CCC(O)(Cc3ccccc3)CC2)c(-c2ccncc2)nn1C. The van der Waals surface area contributed by atoms with E-state index in [2.05, 4.69) is 10.1 Å². The highest BCUT2D eigenvalue weighted by Gasteiger charge is 2.35. The third kappa shape index (κ3) is 3.93. The summed E-state index contributed by atoms with van der Waals surface area (Å²) in [6.07, 6.45) is 5.16. The van der Waals surface area contributed by atoms with Crippen molar-refractivity contribution >= 4 is 5.91 Å². The van der Waals surface area contributed by atoms with Crippen molar-refractivity contribution in [3.05, 3.63) is 71.7 Å². The van der Waals surface area contributed by atoms with Crippen LogP contribution in [-0.4, -0.2) is 49.4 Å². The molecular weight excluding hydrogens is 364 g/mol. The van der Waals surface area contributed by atoms with E-state index in [1.165, 1.54) is 0 Å². The maximum atomic E-state index is 13.4. The number of aromatic nitrogens is 3. The molecule has 6 heteroatoms. The van der Waals surface area contributed by atoms with E-state index in [0.29, 0.717) is 43.6 Å². The zero-order valence-corrected chi connectivity index (χ0v) is 16.9. The number of benzene rings is 1. The van der Waals surface area contributed by atoms with Crippen molar-refractivity contribution in [2.45, 2.75) is 31.8 Å². The highest BCUT2D eigenvalue weighted by atomic mass is 16.3. The van der Waals surface area contributed by atoms with Gasteiger partial charge in [-0.25, -0.2) is 0 Å². The number of likely N-dealkylation sites (tertiary alicyclic amines) is 1. The quantitative estimate of drug-likeness (QED) is 0.743. The van der Waals surface area contributed by atoms with Gasteiger partial charge in [-0.3, -0.25) is 14.5 Å². The zero-order chi connectivity index (χ0) is 20.4. The molecule has 2 aromatic heterocycles. The van der Waals surface area contributed by atoms with Gasteiger partial charge >= 0.3 is 0 Å². The molecule has 3 aromatic rings. The Labute approximate surface area is 170 Å². The van der Waals surface area contributed by atoms with Gasteiger partial charge in [0.25, 0.3) is 5.91 Å². The van der Waals surface area contributed by atoms with E-state index in [1.807, 2.05) is 61.3 Å². The van der Waals surface area contributed by atoms with Gasteiger partial charge in [-0.05, 0) is 37.5 Å². The number of pyridine rings is 1. The Morgan fingerprint density at radius 2 is 1.76 bits per heavy atom. The van der Waals surface area contributed by atoms with Crippen LogP contribution in [0.1, 0.15) is 34.5 Å². The van der Waals surface area contributed by atoms with Gasteiger partial charge in [0, 0.05) is 50.2 Å². The van der Waals surface area contributed by atoms with Crippen molar-refractivity contribution in [1.29, 1.82) is 0 Å². The summed E-state index contributed by atoms with van der Waals surface area (Å²) in [5.41, 5.74) is 3.39. The standard InChI is InChI=1S/C23H26N4O2/c1-17-20(21(25-26(17)2)19-8-12-24-13-9-19)22(28)27-14-10-23(29,11-15-27)16-18-6-4-3-5-7-18/h3-9,12-13,29H,10-11,14-16H2,1-2H3. The number of amides is 1. The summed E-state index contributed by atoms with van der Waals surface area (Å²) in [6.45, 7) is 2.99. The molecule has 1 aliphatic heterocycles. The monoisotopic (exact) mass is 390 g/mol. The molecule has 1 fully saturated rings. The van der Waals surface area contributed by atoms with Crippen molar-refractivity contribution in [1.82, 2.24) is 19.7 Å². The van der Waals surface area contributed by atoms with Crippen LogP contribution >= 0.6 is 0 Å². The predicted octanol–water partition coefficient (Wildman–Crippen LogP) is 3.00. The minimum Gasteiger partial charge on any atom is -0.389 e. The summed E-state index contributed by atoms with van der Waals surface area (Å²) in [5, 5.41) is 15.6. The van der Waals surface area contributed by atoms with Crippen LogP contribution in [0.3, 0.4) is 0 Å². The topological polar surface area (TPSA) is 71.2 Å². The van der Waals surface area contributed by atoms with Crippen molar-refractivity contribution in [3.63, 3.8) is 0 Å². The van der Waals surface area contributed by atoms with Gasteiger partial charge in [0.2, 0.25) is 0 Å². The highest BCUT2D eigenvalue weighted by molar-refractivity contribution is 6.01. The largest absolute Gasteiger partial charge is 0.389 e. The van der Waals surface area contributed by atoms with Crippen LogP contribution in [0.2, 0.25) is 0 Å². The Balaban J connectivity index is 1.52. The molecule has 0 saturated carbocycles. The zero-order valence-electron chi connectivity index (χ0n) is 16.9. The Kier molecular flexibility index (Phi) is 5.20. The Morgan fingerprint density at radius 3 is 2.41 bits per heavy atom. The van der Waals surface area contributed by atoms with E-state index in [0.717, 1.165) is 16.8 Å². The summed E-state index contributed by atoms with van der Waals surface area (Å²) >= 11 is 0. The number of hydrogen-bond donors (Lipinski definition) is 1. The third-order valence-corrected chi connectivity index (χ3v) is 5.86. The fraction of sp³-hybridized carbons (Fsp3) is 0.348. The first-order valence-electron chi connectivity index (χ1n) is 9.96. The van der Waals surface area contributed by atoms with E-state index in [1.54, 1.807) is 17.1 Å². The number of nitrogens with zero attached hydrogens (tertiary/aromatic N) is 4. The number of carbonyl (C=O) groups is 1. The number of carbonyl (C=O) groups excluding carboxylic acids is 1. The van der Waals surface area contributed by atoms with Gasteiger partial charge in [0.1, 0.15) is 5.69 Å². The lowest BCUT2D eigenvalue weighted by atomic mass is 9.85. The van der Waals surface area contributed by atoms with Crippen LogP contribution < -0.4 is 0 Å². The molecule has 1 N–H and O–H groups in total. The van der Waals surface area contributed by atoms with Crippen molar-refractivity contribution in [2.75, 3.05) is 13.1 Å².